The van der Waals surface area contributed by atoms with Crippen molar-refractivity contribution in [2.45, 2.75) is 76.8 Å². The number of amides is 1. The number of esters is 1. The van der Waals surface area contributed by atoms with Gasteiger partial charge in [-0.05, 0) is 50.5 Å². The van der Waals surface area contributed by atoms with Gasteiger partial charge in [-0.15, -0.1) is 0 Å². The van der Waals surface area contributed by atoms with Gasteiger partial charge in [0.25, 0.3) is 0 Å². The first-order valence-electron chi connectivity index (χ1n) is 13.6. The number of carbonyl (C=O) groups excluding carboxylic acids is 2. The van der Waals surface area contributed by atoms with Crippen LogP contribution in [-0.2, 0) is 19.0 Å². The van der Waals surface area contributed by atoms with Crippen LogP contribution in [0.5, 0.6) is 0 Å². The number of allylic oxidation sites excluding steroid dienone is 3. The third-order valence-electron chi connectivity index (χ3n) is 7.18. The van der Waals surface area contributed by atoms with Crippen molar-refractivity contribution >= 4 is 12.1 Å². The number of nitrogens with zero attached hydrogens (tertiary/aromatic N) is 2. The number of ether oxygens (including phenoxy) is 3. The molecule has 1 amide bonds. The van der Waals surface area contributed by atoms with E-state index in [9.17, 15) is 19.8 Å². The average molecular weight is 543 g/mol. The first-order valence-corrected chi connectivity index (χ1v) is 13.6. The van der Waals surface area contributed by atoms with Crippen LogP contribution < -0.4 is 0 Å². The Labute approximate surface area is 231 Å². The molecule has 1 aromatic heterocycles. The van der Waals surface area contributed by atoms with Crippen molar-refractivity contribution in [3.05, 3.63) is 66.0 Å². The zero-order valence-electron chi connectivity index (χ0n) is 23.4. The maximum absolute atomic E-state index is 12.8. The normalized spacial score (nSPS) is 31.1. The second-order valence-corrected chi connectivity index (χ2v) is 10.7. The molecule has 0 spiro atoms. The molecule has 0 unspecified atom stereocenters. The van der Waals surface area contributed by atoms with Gasteiger partial charge in [-0.3, -0.25) is 9.78 Å². The molecular weight excluding hydrogens is 500 g/mol. The van der Waals surface area contributed by atoms with Gasteiger partial charge in [-0.2, -0.15) is 0 Å². The van der Waals surface area contributed by atoms with Crippen LogP contribution in [0.4, 0.5) is 4.79 Å². The molecule has 9 heteroatoms. The molecule has 3 rings (SSSR count). The number of carbonyl (C=O) groups is 2. The lowest BCUT2D eigenvalue weighted by molar-refractivity contribution is -0.151. The number of hydrogen-bond donors (Lipinski definition) is 2. The zero-order valence-corrected chi connectivity index (χ0v) is 23.4. The summed E-state index contributed by atoms with van der Waals surface area (Å²) in [7, 11) is 0. The number of aliphatic hydroxyl groups is 2. The Morgan fingerprint density at radius 1 is 1.28 bits per heavy atom. The van der Waals surface area contributed by atoms with Crippen LogP contribution in [0.2, 0.25) is 0 Å². The molecule has 2 aliphatic heterocycles. The SMILES string of the molecule is C/C(=C\C=C\[C@@H](C)c1ccccn1)[C@H]1OC(=O)C[C@H](O)CC[C@@](C)(O)[C@@H](OC(=O)N2CCOCC2)/C=C\[C@@H]1C. The van der Waals surface area contributed by atoms with Crippen molar-refractivity contribution in [3.8, 4) is 0 Å². The third-order valence-corrected chi connectivity index (χ3v) is 7.18. The highest BCUT2D eigenvalue weighted by atomic mass is 16.6. The molecule has 0 aromatic carbocycles. The first-order chi connectivity index (χ1) is 18.6. The van der Waals surface area contributed by atoms with E-state index in [0.717, 1.165) is 11.3 Å². The molecule has 1 aromatic rings. The Morgan fingerprint density at radius 2 is 2.03 bits per heavy atom. The van der Waals surface area contributed by atoms with Crippen molar-refractivity contribution in [1.82, 2.24) is 9.88 Å². The fourth-order valence-corrected chi connectivity index (χ4v) is 4.59. The molecule has 2 N–H and O–H groups in total. The van der Waals surface area contributed by atoms with Crippen LogP contribution in [-0.4, -0.2) is 82.4 Å². The average Bonchev–Trinajstić information content (AvgIpc) is 2.92. The minimum Gasteiger partial charge on any atom is -0.457 e. The minimum atomic E-state index is -1.45. The van der Waals surface area contributed by atoms with Gasteiger partial charge >= 0.3 is 12.1 Å². The highest BCUT2D eigenvalue weighted by Crippen LogP contribution is 2.27. The number of pyridine rings is 1. The van der Waals surface area contributed by atoms with Crippen molar-refractivity contribution < 1.29 is 34.0 Å². The Kier molecular flexibility index (Phi) is 11.3. The van der Waals surface area contributed by atoms with Gasteiger partial charge in [0.05, 0.1) is 25.7 Å². The molecule has 2 aliphatic rings. The van der Waals surface area contributed by atoms with E-state index in [2.05, 4.69) is 11.9 Å². The summed E-state index contributed by atoms with van der Waals surface area (Å²) in [6, 6.07) is 5.79. The van der Waals surface area contributed by atoms with E-state index in [-0.39, 0.29) is 31.1 Å². The van der Waals surface area contributed by atoms with E-state index in [1.165, 1.54) is 0 Å². The molecule has 0 radical (unpaired) electrons. The molecule has 9 nitrogen and oxygen atoms in total. The Bertz CT molecular complexity index is 1030. The molecule has 3 heterocycles. The molecule has 1 saturated heterocycles. The Balaban J connectivity index is 1.81. The summed E-state index contributed by atoms with van der Waals surface area (Å²) in [5, 5.41) is 21.7. The third kappa shape index (κ3) is 9.30. The predicted molar refractivity (Wildman–Crippen MR) is 147 cm³/mol. The number of morpholine rings is 1. The Hall–Kier alpha value is -3.01. The number of rotatable bonds is 5. The van der Waals surface area contributed by atoms with Crippen LogP contribution in [0.15, 0.2) is 60.3 Å². The van der Waals surface area contributed by atoms with E-state index >= 15 is 0 Å². The van der Waals surface area contributed by atoms with E-state index in [1.54, 1.807) is 30.2 Å². The molecule has 0 aliphatic carbocycles. The van der Waals surface area contributed by atoms with Crippen molar-refractivity contribution in [3.63, 3.8) is 0 Å². The van der Waals surface area contributed by atoms with E-state index in [4.69, 9.17) is 14.2 Å². The topological polar surface area (TPSA) is 118 Å². The Morgan fingerprint density at radius 3 is 2.72 bits per heavy atom. The fourth-order valence-electron chi connectivity index (χ4n) is 4.59. The molecule has 39 heavy (non-hydrogen) atoms. The second-order valence-electron chi connectivity index (χ2n) is 10.7. The lowest BCUT2D eigenvalue weighted by Crippen LogP contribution is -2.47. The first kappa shape index (κ1) is 30.5. The molecule has 214 valence electrons. The smallest absolute Gasteiger partial charge is 0.410 e. The van der Waals surface area contributed by atoms with Gasteiger partial charge in [0.15, 0.2) is 6.10 Å². The largest absolute Gasteiger partial charge is 0.457 e. The summed E-state index contributed by atoms with van der Waals surface area (Å²) in [5.74, 6) is -0.712. The maximum Gasteiger partial charge on any atom is 0.410 e. The van der Waals surface area contributed by atoms with Crippen molar-refractivity contribution in [2.24, 2.45) is 5.92 Å². The fraction of sp³-hybridized carbons (Fsp3) is 0.567. The van der Waals surface area contributed by atoms with Crippen LogP contribution in [0.1, 0.15) is 58.6 Å². The second kappa shape index (κ2) is 14.4. The summed E-state index contributed by atoms with van der Waals surface area (Å²) < 4.78 is 16.9. The standard InChI is InChI=1S/C30H42N2O7/c1-21(25-10-5-6-15-31-25)8-7-9-22(2)28-23(3)11-12-26(38-29(35)32-16-18-37-19-17-32)30(4,36)14-13-24(33)20-27(34)39-28/h5-12,15,21,23-24,26,28,33,36H,13-14,16-20H2,1-4H3/b8-7+,12-11-,22-9+/t21-,23+,24-,26+,28-,30-/m1/s1. The monoisotopic (exact) mass is 542 g/mol. The number of aromatic nitrogens is 1. The van der Waals surface area contributed by atoms with Crippen LogP contribution in [0.3, 0.4) is 0 Å². The molecular formula is C30H42N2O7. The summed E-state index contributed by atoms with van der Waals surface area (Å²) >= 11 is 0. The van der Waals surface area contributed by atoms with Crippen LogP contribution in [0, 0.1) is 5.92 Å². The quantitative estimate of drug-likeness (QED) is 0.327. The van der Waals surface area contributed by atoms with Crippen molar-refractivity contribution in [2.75, 3.05) is 26.3 Å². The number of aliphatic hydroxyl groups excluding tert-OH is 1. The maximum atomic E-state index is 12.8. The minimum absolute atomic E-state index is 0.103. The van der Waals surface area contributed by atoms with Crippen LogP contribution in [0.25, 0.3) is 0 Å². The van der Waals surface area contributed by atoms with Gasteiger partial charge in [0.1, 0.15) is 11.7 Å². The van der Waals surface area contributed by atoms with E-state index in [0.29, 0.717) is 26.3 Å². The van der Waals surface area contributed by atoms with Gasteiger partial charge in [-0.1, -0.05) is 44.2 Å². The highest BCUT2D eigenvalue weighted by molar-refractivity contribution is 5.70. The summed E-state index contributed by atoms with van der Waals surface area (Å²) in [5.41, 5.74) is 0.310. The van der Waals surface area contributed by atoms with Gasteiger partial charge < -0.3 is 29.3 Å². The molecule has 1 fully saturated rings. The summed E-state index contributed by atoms with van der Waals surface area (Å²) in [4.78, 5) is 31.4. The van der Waals surface area contributed by atoms with Gasteiger partial charge in [0, 0.05) is 36.8 Å². The van der Waals surface area contributed by atoms with Gasteiger partial charge in [-0.25, -0.2) is 4.79 Å². The van der Waals surface area contributed by atoms with E-state index in [1.807, 2.05) is 50.3 Å². The van der Waals surface area contributed by atoms with E-state index < -0.39 is 36.0 Å². The molecule has 6 atom stereocenters. The number of hydrogen-bond acceptors (Lipinski definition) is 8. The molecule has 0 saturated carbocycles. The number of cyclic esters (lactones) is 1. The van der Waals surface area contributed by atoms with Crippen molar-refractivity contribution in [1.29, 1.82) is 0 Å². The highest BCUT2D eigenvalue weighted by Gasteiger charge is 2.36. The predicted octanol–water partition coefficient (Wildman–Crippen LogP) is 3.92. The summed E-state index contributed by atoms with van der Waals surface area (Å²) in [6.07, 6.45) is 8.04. The van der Waals surface area contributed by atoms with Gasteiger partial charge in [0.2, 0.25) is 0 Å². The summed E-state index contributed by atoms with van der Waals surface area (Å²) in [6.45, 7) is 9.10. The lowest BCUT2D eigenvalue weighted by atomic mass is 9.88. The lowest BCUT2D eigenvalue weighted by Gasteiger charge is -2.35. The molecule has 0 bridgehead atoms. The zero-order chi connectivity index (χ0) is 28.4. The van der Waals surface area contributed by atoms with Crippen LogP contribution >= 0.6 is 0 Å².